The second kappa shape index (κ2) is 7.04. The van der Waals surface area contributed by atoms with Gasteiger partial charge in [-0.15, -0.1) is 0 Å². The highest BCUT2D eigenvalue weighted by atomic mass is 16.4. The van der Waals surface area contributed by atoms with Gasteiger partial charge in [0.15, 0.2) is 0 Å². The lowest BCUT2D eigenvalue weighted by atomic mass is 10.1. The first kappa shape index (κ1) is 16.2. The summed E-state index contributed by atoms with van der Waals surface area (Å²) >= 11 is 0. The number of anilines is 1. The van der Waals surface area contributed by atoms with Crippen molar-refractivity contribution in [1.82, 2.24) is 5.32 Å². The second-order valence-electron chi connectivity index (χ2n) is 4.25. The van der Waals surface area contributed by atoms with Crippen LogP contribution >= 0.6 is 0 Å². The largest absolute Gasteiger partial charge is 0.481 e. The molecule has 0 aliphatic carbocycles. The summed E-state index contributed by atoms with van der Waals surface area (Å²) in [5.74, 6) is -3.30. The molecule has 0 heterocycles. The second-order valence-corrected chi connectivity index (χ2v) is 4.25. The van der Waals surface area contributed by atoms with Crippen molar-refractivity contribution in [3.05, 3.63) is 29.8 Å². The van der Waals surface area contributed by atoms with Gasteiger partial charge in [0, 0.05) is 6.92 Å². The fourth-order valence-corrected chi connectivity index (χ4v) is 1.61. The van der Waals surface area contributed by atoms with Gasteiger partial charge in [0.2, 0.25) is 11.8 Å². The molecule has 0 aromatic heterocycles. The molecule has 0 aliphatic rings. The lowest BCUT2D eigenvalue weighted by Crippen LogP contribution is -2.45. The standard InChI is InChI=1S/C13H15N3O5/c1-7(17)15-9-5-3-2-4-8(9)13(21)16-10(12(14)20)6-11(18)19/h2-5,10H,6H2,1H3,(H2,14,20)(H,15,17)(H,16,21)(H,18,19)/t10-/m1/s1. The molecule has 1 aromatic rings. The average Bonchev–Trinajstić information content (AvgIpc) is 2.37. The molecule has 3 amide bonds. The molecule has 0 aliphatic heterocycles. The summed E-state index contributed by atoms with van der Waals surface area (Å²) in [7, 11) is 0. The third-order valence-electron chi connectivity index (χ3n) is 2.51. The van der Waals surface area contributed by atoms with Gasteiger partial charge < -0.3 is 21.5 Å². The number of benzene rings is 1. The molecule has 1 rings (SSSR count). The van der Waals surface area contributed by atoms with E-state index in [9.17, 15) is 19.2 Å². The van der Waals surface area contributed by atoms with Crippen LogP contribution in [0.4, 0.5) is 5.69 Å². The van der Waals surface area contributed by atoms with E-state index in [1.165, 1.54) is 19.1 Å². The Morgan fingerprint density at radius 1 is 1.24 bits per heavy atom. The van der Waals surface area contributed by atoms with Gasteiger partial charge in [0.1, 0.15) is 6.04 Å². The Kier molecular flexibility index (Phi) is 5.41. The Labute approximate surface area is 120 Å². The van der Waals surface area contributed by atoms with Gasteiger partial charge in [-0.1, -0.05) is 12.1 Å². The van der Waals surface area contributed by atoms with Gasteiger partial charge in [-0.05, 0) is 12.1 Å². The number of nitrogens with two attached hydrogens (primary N) is 1. The Morgan fingerprint density at radius 3 is 2.38 bits per heavy atom. The summed E-state index contributed by atoms with van der Waals surface area (Å²) in [5.41, 5.74) is 5.40. The molecule has 21 heavy (non-hydrogen) atoms. The molecule has 0 radical (unpaired) electrons. The Balaban J connectivity index is 2.94. The predicted molar refractivity (Wildman–Crippen MR) is 73.4 cm³/mol. The van der Waals surface area contributed by atoms with Gasteiger partial charge in [-0.3, -0.25) is 19.2 Å². The molecule has 0 saturated heterocycles. The third-order valence-corrected chi connectivity index (χ3v) is 2.51. The molecule has 1 aromatic carbocycles. The summed E-state index contributed by atoms with van der Waals surface area (Å²) in [4.78, 5) is 44.9. The van der Waals surface area contributed by atoms with Crippen LogP contribution in [0.1, 0.15) is 23.7 Å². The first-order valence-corrected chi connectivity index (χ1v) is 6.00. The minimum absolute atomic E-state index is 0.101. The van der Waals surface area contributed by atoms with E-state index in [1.54, 1.807) is 12.1 Å². The molecule has 8 nitrogen and oxygen atoms in total. The summed E-state index contributed by atoms with van der Waals surface area (Å²) in [6, 6.07) is 4.79. The van der Waals surface area contributed by atoms with Crippen molar-refractivity contribution in [2.75, 3.05) is 5.32 Å². The average molecular weight is 293 g/mol. The van der Waals surface area contributed by atoms with Crippen LogP contribution in [0.25, 0.3) is 0 Å². The molecule has 0 spiro atoms. The molecular formula is C13H15N3O5. The summed E-state index contributed by atoms with van der Waals surface area (Å²) in [5, 5.41) is 13.4. The molecular weight excluding hydrogens is 278 g/mol. The van der Waals surface area contributed by atoms with Crippen LogP contribution < -0.4 is 16.4 Å². The Bertz CT molecular complexity index is 585. The van der Waals surface area contributed by atoms with Gasteiger partial charge >= 0.3 is 5.97 Å². The number of para-hydroxylation sites is 1. The number of carbonyl (C=O) groups excluding carboxylic acids is 3. The number of hydrogen-bond donors (Lipinski definition) is 4. The molecule has 5 N–H and O–H groups in total. The van der Waals surface area contributed by atoms with Crippen LogP contribution in [0.2, 0.25) is 0 Å². The van der Waals surface area contributed by atoms with E-state index in [0.717, 1.165) is 0 Å². The van der Waals surface area contributed by atoms with Crippen LogP contribution in [0.3, 0.4) is 0 Å². The summed E-state index contributed by atoms with van der Waals surface area (Å²) in [6.07, 6.45) is -0.622. The maximum absolute atomic E-state index is 12.1. The van der Waals surface area contributed by atoms with E-state index in [0.29, 0.717) is 0 Å². The highest BCUT2D eigenvalue weighted by molar-refractivity contribution is 6.05. The lowest BCUT2D eigenvalue weighted by Gasteiger charge is -2.15. The maximum atomic E-state index is 12.1. The van der Waals surface area contributed by atoms with Gasteiger partial charge in [0.25, 0.3) is 5.91 Å². The van der Waals surface area contributed by atoms with Crippen molar-refractivity contribution >= 4 is 29.4 Å². The topological polar surface area (TPSA) is 139 Å². The minimum atomic E-state index is -1.33. The number of carboxylic acids is 1. The smallest absolute Gasteiger partial charge is 0.305 e. The third kappa shape index (κ3) is 4.94. The van der Waals surface area contributed by atoms with Crippen molar-refractivity contribution in [3.63, 3.8) is 0 Å². The van der Waals surface area contributed by atoms with Crippen molar-refractivity contribution in [2.45, 2.75) is 19.4 Å². The summed E-state index contributed by atoms with van der Waals surface area (Å²) in [6.45, 7) is 1.28. The fraction of sp³-hybridized carbons (Fsp3) is 0.231. The van der Waals surface area contributed by atoms with E-state index in [1.807, 2.05) is 0 Å². The van der Waals surface area contributed by atoms with Gasteiger partial charge in [0.05, 0.1) is 17.7 Å². The number of nitrogens with one attached hydrogen (secondary N) is 2. The minimum Gasteiger partial charge on any atom is -0.481 e. The molecule has 0 saturated carbocycles. The molecule has 0 fully saturated rings. The summed E-state index contributed by atoms with van der Waals surface area (Å²) < 4.78 is 0. The normalized spacial score (nSPS) is 11.3. The number of hydrogen-bond acceptors (Lipinski definition) is 4. The molecule has 0 bridgehead atoms. The van der Waals surface area contributed by atoms with Crippen LogP contribution in [0, 0.1) is 0 Å². The van der Waals surface area contributed by atoms with Crippen molar-refractivity contribution in [2.24, 2.45) is 5.73 Å². The fourth-order valence-electron chi connectivity index (χ4n) is 1.61. The number of rotatable bonds is 6. The number of aliphatic carboxylic acids is 1. The Morgan fingerprint density at radius 2 is 1.86 bits per heavy atom. The molecule has 8 heteroatoms. The zero-order valence-electron chi connectivity index (χ0n) is 11.3. The lowest BCUT2D eigenvalue weighted by molar-refractivity contribution is -0.139. The van der Waals surface area contributed by atoms with Crippen molar-refractivity contribution in [3.8, 4) is 0 Å². The van der Waals surface area contributed by atoms with Crippen LogP contribution in [-0.2, 0) is 14.4 Å². The monoisotopic (exact) mass is 293 g/mol. The van der Waals surface area contributed by atoms with Crippen LogP contribution in [0.15, 0.2) is 24.3 Å². The molecule has 1 atom stereocenters. The number of primary amides is 1. The number of amides is 3. The molecule has 112 valence electrons. The van der Waals surface area contributed by atoms with Crippen molar-refractivity contribution < 1.29 is 24.3 Å². The van der Waals surface area contributed by atoms with E-state index in [-0.39, 0.29) is 17.2 Å². The predicted octanol–water partition coefficient (Wildman–Crippen LogP) is -0.297. The quantitative estimate of drug-likeness (QED) is 0.570. The first-order chi connectivity index (χ1) is 9.81. The van der Waals surface area contributed by atoms with E-state index in [2.05, 4.69) is 10.6 Å². The first-order valence-electron chi connectivity index (χ1n) is 6.00. The zero-order chi connectivity index (χ0) is 16.0. The zero-order valence-corrected chi connectivity index (χ0v) is 11.3. The SMILES string of the molecule is CC(=O)Nc1ccccc1C(=O)N[C@H](CC(=O)O)C(N)=O. The highest BCUT2D eigenvalue weighted by Gasteiger charge is 2.23. The van der Waals surface area contributed by atoms with Crippen LogP contribution in [-0.4, -0.2) is 34.8 Å². The Hall–Kier alpha value is -2.90. The highest BCUT2D eigenvalue weighted by Crippen LogP contribution is 2.15. The van der Waals surface area contributed by atoms with Crippen LogP contribution in [0.5, 0.6) is 0 Å². The van der Waals surface area contributed by atoms with E-state index in [4.69, 9.17) is 10.8 Å². The molecule has 0 unspecified atom stereocenters. The van der Waals surface area contributed by atoms with E-state index < -0.39 is 30.2 Å². The number of carboxylic acid groups (broad SMARTS) is 1. The van der Waals surface area contributed by atoms with E-state index >= 15 is 0 Å². The van der Waals surface area contributed by atoms with Gasteiger partial charge in [-0.2, -0.15) is 0 Å². The number of carbonyl (C=O) groups is 4. The maximum Gasteiger partial charge on any atom is 0.305 e. The van der Waals surface area contributed by atoms with Crippen molar-refractivity contribution in [1.29, 1.82) is 0 Å². The van der Waals surface area contributed by atoms with Gasteiger partial charge in [-0.25, -0.2) is 0 Å².